The smallest absolute Gasteiger partial charge is 0.150 e. The molecule has 0 aromatic carbocycles. The molecule has 3 atom stereocenters. The minimum atomic E-state index is -2.73. The Labute approximate surface area is 111 Å². The number of piperazine rings is 1. The summed E-state index contributed by atoms with van der Waals surface area (Å²) in [6.45, 7) is 7.52. The van der Waals surface area contributed by atoms with Crippen molar-refractivity contribution in [1.82, 2.24) is 10.2 Å². The summed E-state index contributed by atoms with van der Waals surface area (Å²) in [4.78, 5) is 2.49. The van der Waals surface area contributed by atoms with Crippen molar-refractivity contribution in [3.8, 4) is 0 Å². The molecular formula is C13H26N2O2S. The molecule has 4 nitrogen and oxygen atoms in total. The molecule has 0 radical (unpaired) electrons. The van der Waals surface area contributed by atoms with E-state index >= 15 is 0 Å². The normalized spacial score (nSPS) is 36.9. The van der Waals surface area contributed by atoms with Gasteiger partial charge in [-0.05, 0) is 25.7 Å². The van der Waals surface area contributed by atoms with E-state index in [1.54, 1.807) is 0 Å². The lowest BCUT2D eigenvalue weighted by Crippen LogP contribution is -2.56. The molecule has 1 N–H and O–H groups in total. The summed E-state index contributed by atoms with van der Waals surface area (Å²) in [5, 5.41) is 3.58. The SMILES string of the molecule is CCCC1CN(CC2CCS(=O)(=O)C2)C(C)CN1. The molecule has 0 amide bonds. The fourth-order valence-corrected chi connectivity index (χ4v) is 4.99. The number of hydrogen-bond acceptors (Lipinski definition) is 4. The topological polar surface area (TPSA) is 49.4 Å². The Bertz CT molecular complexity index is 369. The summed E-state index contributed by atoms with van der Waals surface area (Å²) in [6.07, 6.45) is 3.28. The summed E-state index contributed by atoms with van der Waals surface area (Å²) in [6, 6.07) is 1.12. The second-order valence-electron chi connectivity index (χ2n) is 5.97. The van der Waals surface area contributed by atoms with Gasteiger partial charge < -0.3 is 5.32 Å². The van der Waals surface area contributed by atoms with Crippen LogP contribution < -0.4 is 5.32 Å². The predicted octanol–water partition coefficient (Wildman–Crippen LogP) is 0.884. The highest BCUT2D eigenvalue weighted by Crippen LogP contribution is 2.21. The number of nitrogens with one attached hydrogen (secondary N) is 1. The molecule has 2 aliphatic heterocycles. The van der Waals surface area contributed by atoms with E-state index in [-0.39, 0.29) is 0 Å². The van der Waals surface area contributed by atoms with E-state index in [9.17, 15) is 8.42 Å². The lowest BCUT2D eigenvalue weighted by molar-refractivity contribution is 0.120. The highest BCUT2D eigenvalue weighted by atomic mass is 32.2. The zero-order valence-electron chi connectivity index (χ0n) is 11.6. The van der Waals surface area contributed by atoms with E-state index in [0.717, 1.165) is 26.1 Å². The molecule has 0 bridgehead atoms. The molecule has 18 heavy (non-hydrogen) atoms. The standard InChI is InChI=1S/C13H26N2O2S/c1-3-4-13-9-15(11(2)7-14-13)8-12-5-6-18(16,17)10-12/h11-14H,3-10H2,1-2H3. The summed E-state index contributed by atoms with van der Waals surface area (Å²) >= 11 is 0. The van der Waals surface area contributed by atoms with Crippen LogP contribution >= 0.6 is 0 Å². The third kappa shape index (κ3) is 3.68. The van der Waals surface area contributed by atoms with Gasteiger partial charge in [-0.3, -0.25) is 4.90 Å². The molecular weight excluding hydrogens is 248 g/mol. The van der Waals surface area contributed by atoms with Crippen LogP contribution in [0.3, 0.4) is 0 Å². The van der Waals surface area contributed by atoms with E-state index in [0.29, 0.717) is 29.5 Å². The van der Waals surface area contributed by atoms with Gasteiger partial charge >= 0.3 is 0 Å². The van der Waals surface area contributed by atoms with Gasteiger partial charge in [-0.25, -0.2) is 8.42 Å². The fraction of sp³-hybridized carbons (Fsp3) is 1.00. The number of sulfone groups is 1. The van der Waals surface area contributed by atoms with Gasteiger partial charge in [0, 0.05) is 31.7 Å². The van der Waals surface area contributed by atoms with Gasteiger partial charge in [0.15, 0.2) is 9.84 Å². The minimum Gasteiger partial charge on any atom is -0.311 e. The first kappa shape index (κ1) is 14.3. The van der Waals surface area contributed by atoms with E-state index in [2.05, 4.69) is 24.1 Å². The van der Waals surface area contributed by atoms with Crippen LogP contribution in [-0.2, 0) is 9.84 Å². The Morgan fingerprint density at radius 1 is 1.39 bits per heavy atom. The zero-order valence-corrected chi connectivity index (χ0v) is 12.4. The van der Waals surface area contributed by atoms with Gasteiger partial charge in [0.1, 0.15) is 0 Å². The maximum absolute atomic E-state index is 11.5. The monoisotopic (exact) mass is 274 g/mol. The van der Waals surface area contributed by atoms with Gasteiger partial charge in [0.2, 0.25) is 0 Å². The van der Waals surface area contributed by atoms with Crippen LogP contribution in [0, 0.1) is 5.92 Å². The molecule has 0 aromatic rings. The third-order valence-electron chi connectivity index (χ3n) is 4.24. The summed E-state index contributed by atoms with van der Waals surface area (Å²) in [5.41, 5.74) is 0. The number of rotatable bonds is 4. The minimum absolute atomic E-state index is 0.359. The average Bonchev–Trinajstić information content (AvgIpc) is 2.63. The summed E-state index contributed by atoms with van der Waals surface area (Å²) in [7, 11) is -2.73. The van der Waals surface area contributed by atoms with Crippen LogP contribution in [0.5, 0.6) is 0 Å². The first-order chi connectivity index (χ1) is 8.50. The van der Waals surface area contributed by atoms with Crippen LogP contribution in [0.15, 0.2) is 0 Å². The molecule has 2 heterocycles. The van der Waals surface area contributed by atoms with E-state index < -0.39 is 9.84 Å². The van der Waals surface area contributed by atoms with Crippen molar-refractivity contribution in [2.75, 3.05) is 31.1 Å². The highest BCUT2D eigenvalue weighted by Gasteiger charge is 2.32. The predicted molar refractivity (Wildman–Crippen MR) is 74.5 cm³/mol. The fourth-order valence-electron chi connectivity index (χ4n) is 3.14. The molecule has 0 aromatic heterocycles. The Kier molecular flexibility index (Phi) is 4.67. The molecule has 3 unspecified atom stereocenters. The van der Waals surface area contributed by atoms with Crippen molar-refractivity contribution < 1.29 is 8.42 Å². The third-order valence-corrected chi connectivity index (χ3v) is 6.07. The second kappa shape index (κ2) is 5.88. The molecule has 5 heteroatoms. The first-order valence-electron chi connectivity index (χ1n) is 7.18. The highest BCUT2D eigenvalue weighted by molar-refractivity contribution is 7.91. The Morgan fingerprint density at radius 2 is 2.17 bits per heavy atom. The van der Waals surface area contributed by atoms with Gasteiger partial charge in [0.05, 0.1) is 11.5 Å². The number of nitrogens with zero attached hydrogens (tertiary/aromatic N) is 1. The van der Waals surface area contributed by atoms with E-state index in [4.69, 9.17) is 0 Å². The quantitative estimate of drug-likeness (QED) is 0.827. The lowest BCUT2D eigenvalue weighted by Gasteiger charge is -2.40. The zero-order chi connectivity index (χ0) is 13.2. The van der Waals surface area contributed by atoms with Crippen molar-refractivity contribution in [1.29, 1.82) is 0 Å². The van der Waals surface area contributed by atoms with E-state index in [1.807, 2.05) is 0 Å². The van der Waals surface area contributed by atoms with Crippen LogP contribution in [-0.4, -0.2) is 56.5 Å². The second-order valence-corrected chi connectivity index (χ2v) is 8.19. The van der Waals surface area contributed by atoms with Crippen molar-refractivity contribution in [3.05, 3.63) is 0 Å². The molecule has 106 valence electrons. The molecule has 0 saturated carbocycles. The van der Waals surface area contributed by atoms with Gasteiger partial charge in [-0.2, -0.15) is 0 Å². The van der Waals surface area contributed by atoms with Crippen molar-refractivity contribution >= 4 is 9.84 Å². The Hall–Kier alpha value is -0.130. The van der Waals surface area contributed by atoms with Gasteiger partial charge in [-0.15, -0.1) is 0 Å². The maximum Gasteiger partial charge on any atom is 0.150 e. The molecule has 2 fully saturated rings. The summed E-state index contributed by atoms with van der Waals surface area (Å²) in [5.74, 6) is 1.16. The molecule has 2 saturated heterocycles. The molecule has 0 aliphatic carbocycles. The van der Waals surface area contributed by atoms with Crippen LogP contribution in [0.4, 0.5) is 0 Å². The van der Waals surface area contributed by atoms with Crippen LogP contribution in [0.1, 0.15) is 33.1 Å². The Morgan fingerprint density at radius 3 is 2.78 bits per heavy atom. The molecule has 2 aliphatic rings. The average molecular weight is 274 g/mol. The van der Waals surface area contributed by atoms with Gasteiger partial charge in [0.25, 0.3) is 0 Å². The maximum atomic E-state index is 11.5. The van der Waals surface area contributed by atoms with Crippen LogP contribution in [0.2, 0.25) is 0 Å². The summed E-state index contributed by atoms with van der Waals surface area (Å²) < 4.78 is 23.0. The molecule has 0 spiro atoms. The van der Waals surface area contributed by atoms with Crippen molar-refractivity contribution in [3.63, 3.8) is 0 Å². The van der Waals surface area contributed by atoms with Gasteiger partial charge in [-0.1, -0.05) is 13.3 Å². The Balaban J connectivity index is 1.87. The largest absolute Gasteiger partial charge is 0.311 e. The first-order valence-corrected chi connectivity index (χ1v) is 9.00. The lowest BCUT2D eigenvalue weighted by atomic mass is 10.0. The number of hydrogen-bond donors (Lipinski definition) is 1. The molecule has 2 rings (SSSR count). The van der Waals surface area contributed by atoms with E-state index in [1.165, 1.54) is 12.8 Å². The van der Waals surface area contributed by atoms with Crippen molar-refractivity contribution in [2.45, 2.75) is 45.2 Å². The van der Waals surface area contributed by atoms with Crippen LogP contribution in [0.25, 0.3) is 0 Å². The van der Waals surface area contributed by atoms with Crippen molar-refractivity contribution in [2.24, 2.45) is 5.92 Å².